The lowest BCUT2D eigenvalue weighted by molar-refractivity contribution is 0.994. The maximum atomic E-state index is 9.03. The van der Waals surface area contributed by atoms with Crippen molar-refractivity contribution in [2.24, 2.45) is 0 Å². The van der Waals surface area contributed by atoms with E-state index in [0.29, 0.717) is 0 Å². The van der Waals surface area contributed by atoms with E-state index in [-0.39, 0.29) is 0 Å². The van der Waals surface area contributed by atoms with Gasteiger partial charge in [-0.25, -0.2) is 0 Å². The van der Waals surface area contributed by atoms with E-state index >= 15 is 0 Å². The van der Waals surface area contributed by atoms with Crippen molar-refractivity contribution in [2.75, 3.05) is 0 Å². The van der Waals surface area contributed by atoms with Gasteiger partial charge in [-0.1, -0.05) is 18.2 Å². The van der Waals surface area contributed by atoms with E-state index in [1.54, 1.807) is 0 Å². The van der Waals surface area contributed by atoms with Gasteiger partial charge in [0.05, 0.1) is 5.56 Å². The molecule has 0 saturated carbocycles. The zero-order valence-corrected chi connectivity index (χ0v) is 8.49. The van der Waals surface area contributed by atoms with Gasteiger partial charge in [0.1, 0.15) is 6.07 Å². The molecule has 3 rings (SSSR count). The second kappa shape index (κ2) is 2.74. The Kier molecular flexibility index (Phi) is 1.52. The molecule has 0 atom stereocenters. The molecule has 1 aromatic heterocycles. The minimum absolute atomic E-state index is 0.809. The minimum atomic E-state index is 0.809. The fourth-order valence-corrected chi connectivity index (χ4v) is 2.36. The van der Waals surface area contributed by atoms with Gasteiger partial charge >= 0.3 is 0 Å². The highest BCUT2D eigenvalue weighted by Gasteiger charge is 2.22. The average molecular weight is 194 g/mol. The van der Waals surface area contributed by atoms with Crippen LogP contribution in [-0.4, -0.2) is 4.57 Å². The molecule has 0 unspecified atom stereocenters. The highest BCUT2D eigenvalue weighted by atomic mass is 15.0. The summed E-state index contributed by atoms with van der Waals surface area (Å²) in [6.07, 6.45) is 0.882. The summed E-state index contributed by atoms with van der Waals surface area (Å²) in [5.74, 6) is 0. The molecule has 0 saturated heterocycles. The van der Waals surface area contributed by atoms with Crippen LogP contribution < -0.4 is 0 Å². The quantitative estimate of drug-likeness (QED) is 0.540. The van der Waals surface area contributed by atoms with Crippen molar-refractivity contribution >= 4 is 0 Å². The maximum absolute atomic E-state index is 9.03. The first-order chi connectivity index (χ1) is 7.31. The summed E-state index contributed by atoms with van der Waals surface area (Å²) in [5.41, 5.74) is 5.63. The lowest BCUT2D eigenvalue weighted by Gasteiger charge is -2.03. The molecule has 0 spiro atoms. The number of para-hydroxylation sites is 1. The largest absolute Gasteiger partial charge is 0.316 e. The molecule has 2 heterocycles. The van der Waals surface area contributed by atoms with Gasteiger partial charge in [-0.2, -0.15) is 5.26 Å². The third kappa shape index (κ3) is 0.977. The summed E-state index contributed by atoms with van der Waals surface area (Å²) >= 11 is 0. The van der Waals surface area contributed by atoms with E-state index in [4.69, 9.17) is 5.26 Å². The Hall–Kier alpha value is -2.01. The Labute approximate surface area is 88.4 Å². The Balaban J connectivity index is 2.34. The molecule has 0 amide bonds. The predicted molar refractivity (Wildman–Crippen MR) is 58.0 cm³/mol. The van der Waals surface area contributed by atoms with Crippen molar-refractivity contribution < 1.29 is 0 Å². The molecule has 1 aromatic carbocycles. The number of aromatic nitrogens is 1. The van der Waals surface area contributed by atoms with E-state index < -0.39 is 0 Å². The lowest BCUT2D eigenvalue weighted by atomic mass is 10.1. The number of fused-ring (bicyclic) bond motifs is 3. The van der Waals surface area contributed by atoms with Crippen LogP contribution in [0.3, 0.4) is 0 Å². The number of nitrogens with zero attached hydrogens (tertiary/aromatic N) is 2. The van der Waals surface area contributed by atoms with E-state index in [1.807, 2.05) is 25.1 Å². The summed E-state index contributed by atoms with van der Waals surface area (Å²) in [4.78, 5) is 0. The fraction of sp³-hybridized carbons (Fsp3) is 0.154. The van der Waals surface area contributed by atoms with Gasteiger partial charge in [0.2, 0.25) is 0 Å². The van der Waals surface area contributed by atoms with Gasteiger partial charge in [-0.05, 0) is 24.6 Å². The van der Waals surface area contributed by atoms with Crippen LogP contribution in [0.5, 0.6) is 0 Å². The van der Waals surface area contributed by atoms with Crippen molar-refractivity contribution in [1.29, 1.82) is 5.26 Å². The van der Waals surface area contributed by atoms with E-state index in [1.165, 1.54) is 11.3 Å². The second-order valence-corrected chi connectivity index (χ2v) is 3.90. The van der Waals surface area contributed by atoms with Crippen molar-refractivity contribution in [3.63, 3.8) is 0 Å². The number of nitriles is 1. The van der Waals surface area contributed by atoms with Gasteiger partial charge in [0.25, 0.3) is 0 Å². The molecule has 0 radical (unpaired) electrons. The van der Waals surface area contributed by atoms with Crippen molar-refractivity contribution in [3.8, 4) is 11.8 Å². The fourth-order valence-electron chi connectivity index (χ4n) is 2.36. The zero-order chi connectivity index (χ0) is 10.4. The van der Waals surface area contributed by atoms with Gasteiger partial charge in [-0.15, -0.1) is 0 Å². The van der Waals surface area contributed by atoms with E-state index in [2.05, 4.69) is 22.8 Å². The highest BCUT2D eigenvalue weighted by molar-refractivity contribution is 5.56. The van der Waals surface area contributed by atoms with Crippen LogP contribution in [0.1, 0.15) is 22.5 Å². The first-order valence-electron chi connectivity index (χ1n) is 5.01. The standard InChI is InChI=1S/C13H10N2/c1-9-6-11(8-14)13-7-10-4-2-3-5-12(10)15(9)13/h2-6H,7H2,1H3. The maximum Gasteiger partial charge on any atom is 0.101 e. The van der Waals surface area contributed by atoms with Crippen LogP contribution >= 0.6 is 0 Å². The number of benzene rings is 1. The molecule has 0 bridgehead atoms. The van der Waals surface area contributed by atoms with Gasteiger partial charge in [0.15, 0.2) is 0 Å². The topological polar surface area (TPSA) is 28.7 Å². The summed E-state index contributed by atoms with van der Waals surface area (Å²) < 4.78 is 2.19. The van der Waals surface area contributed by atoms with Crippen molar-refractivity contribution in [3.05, 3.63) is 52.8 Å². The molecule has 2 nitrogen and oxygen atoms in total. The summed E-state index contributed by atoms with van der Waals surface area (Å²) in [5, 5.41) is 9.03. The van der Waals surface area contributed by atoms with Crippen LogP contribution in [-0.2, 0) is 6.42 Å². The summed E-state index contributed by atoms with van der Waals surface area (Å²) in [6.45, 7) is 2.05. The smallest absolute Gasteiger partial charge is 0.101 e. The van der Waals surface area contributed by atoms with E-state index in [9.17, 15) is 0 Å². The van der Waals surface area contributed by atoms with Crippen LogP contribution in [0.15, 0.2) is 30.3 Å². The normalized spacial score (nSPS) is 12.0. The number of rotatable bonds is 0. The molecule has 0 N–H and O–H groups in total. The van der Waals surface area contributed by atoms with Gasteiger partial charge in [0, 0.05) is 23.5 Å². The van der Waals surface area contributed by atoms with Crippen molar-refractivity contribution in [1.82, 2.24) is 4.57 Å². The van der Waals surface area contributed by atoms with Gasteiger partial charge < -0.3 is 4.57 Å². The zero-order valence-electron chi connectivity index (χ0n) is 8.49. The van der Waals surface area contributed by atoms with Crippen molar-refractivity contribution in [2.45, 2.75) is 13.3 Å². The number of aryl methyl sites for hydroxylation is 1. The lowest BCUT2D eigenvalue weighted by Crippen LogP contribution is -1.93. The highest BCUT2D eigenvalue weighted by Crippen LogP contribution is 2.32. The molecule has 72 valence electrons. The monoisotopic (exact) mass is 194 g/mol. The average Bonchev–Trinajstić information content (AvgIpc) is 2.76. The number of hydrogen-bond donors (Lipinski definition) is 0. The van der Waals surface area contributed by atoms with Gasteiger partial charge in [-0.3, -0.25) is 0 Å². The Morgan fingerprint density at radius 1 is 1.33 bits per heavy atom. The molecule has 2 heteroatoms. The molecular formula is C13H10N2. The van der Waals surface area contributed by atoms with Crippen LogP contribution in [0.25, 0.3) is 5.69 Å². The SMILES string of the molecule is Cc1cc(C#N)c2n1-c1ccccc1C2. The first kappa shape index (κ1) is 8.31. The third-order valence-electron chi connectivity index (χ3n) is 3.00. The molecule has 0 fully saturated rings. The Morgan fingerprint density at radius 3 is 2.93 bits per heavy atom. The van der Waals surface area contributed by atoms with E-state index in [0.717, 1.165) is 23.4 Å². The van der Waals surface area contributed by atoms with Crippen LogP contribution in [0.2, 0.25) is 0 Å². The minimum Gasteiger partial charge on any atom is -0.316 e. The Morgan fingerprint density at radius 2 is 2.13 bits per heavy atom. The predicted octanol–water partition coefficient (Wildman–Crippen LogP) is 2.56. The molecule has 15 heavy (non-hydrogen) atoms. The second-order valence-electron chi connectivity index (χ2n) is 3.90. The molecule has 0 aliphatic carbocycles. The Bertz CT molecular complexity index is 585. The molecule has 2 aromatic rings. The van der Waals surface area contributed by atoms with Crippen LogP contribution in [0.4, 0.5) is 0 Å². The first-order valence-corrected chi connectivity index (χ1v) is 5.01. The molecular weight excluding hydrogens is 184 g/mol. The number of hydrogen-bond acceptors (Lipinski definition) is 1. The molecule has 1 aliphatic rings. The summed E-state index contributed by atoms with van der Waals surface area (Å²) in [7, 11) is 0. The molecule has 1 aliphatic heterocycles. The third-order valence-corrected chi connectivity index (χ3v) is 3.00. The summed E-state index contributed by atoms with van der Waals surface area (Å²) in [6, 6.07) is 12.6. The van der Waals surface area contributed by atoms with Crippen LogP contribution in [0, 0.1) is 18.3 Å².